The van der Waals surface area contributed by atoms with Crippen LogP contribution in [-0.4, -0.2) is 30.8 Å². The number of nitrogens with zero attached hydrogens (tertiary/aromatic N) is 1. The zero-order valence-corrected chi connectivity index (χ0v) is 12.9. The van der Waals surface area contributed by atoms with Gasteiger partial charge in [-0.25, -0.2) is 0 Å². The van der Waals surface area contributed by atoms with Crippen LogP contribution in [0, 0.1) is 0 Å². The quantitative estimate of drug-likeness (QED) is 0.774. The number of pyridine rings is 1. The fraction of sp³-hybridized carbons (Fsp3) is 0.267. The topological polar surface area (TPSA) is 22.1 Å². The van der Waals surface area contributed by atoms with E-state index in [1.54, 1.807) is 0 Å². The van der Waals surface area contributed by atoms with Crippen LogP contribution in [-0.2, 0) is 6.61 Å². The zero-order valence-electron chi connectivity index (χ0n) is 11.9. The van der Waals surface area contributed by atoms with Gasteiger partial charge in [0.1, 0.15) is 0 Å². The van der Waals surface area contributed by atoms with Gasteiger partial charge in [-0.3, -0.25) is 0 Å². The van der Waals surface area contributed by atoms with Crippen LogP contribution in [0.5, 0.6) is 5.75 Å². The first kappa shape index (κ1) is 14.4. The molecule has 4 heteroatoms. The normalized spacial score (nSPS) is 11.4. The summed E-state index contributed by atoms with van der Waals surface area (Å²) in [5.41, 5.74) is 1.19. The molecule has 1 aromatic carbocycles. The van der Waals surface area contributed by atoms with Gasteiger partial charge in [0.15, 0.2) is 0 Å². The maximum atomic E-state index is 5.98. The Morgan fingerprint density at radius 1 is 1.11 bits per heavy atom. The molecule has 0 unspecified atom stereocenters. The number of aromatic nitrogens is 1. The van der Waals surface area contributed by atoms with E-state index in [-0.39, 0.29) is 0 Å². The summed E-state index contributed by atoms with van der Waals surface area (Å²) in [5, 5.41) is 1.17. The number of hydrogen-bond acceptors (Lipinski definition) is 2. The molecule has 0 aliphatic carbocycles. The van der Waals surface area contributed by atoms with E-state index in [2.05, 4.69) is 47.9 Å². The summed E-state index contributed by atoms with van der Waals surface area (Å²) in [6, 6.07) is 14.2. The molecule has 1 aromatic heterocycles. The van der Waals surface area contributed by atoms with E-state index in [9.17, 15) is 0 Å². The van der Waals surface area contributed by atoms with Gasteiger partial charge in [0.2, 0.25) is 0 Å². The van der Waals surface area contributed by atoms with Gasteiger partial charge in [-0.1, -0.05) is 0 Å². The molecule has 19 heavy (non-hydrogen) atoms. The average molecular weight is 263 g/mol. The molecule has 1 heterocycles. The van der Waals surface area contributed by atoms with Gasteiger partial charge in [0, 0.05) is 0 Å². The summed E-state index contributed by atoms with van der Waals surface area (Å²) in [6.07, 6.45) is 1.87. The Bertz CT molecular complexity index is 531. The molecule has 0 aliphatic rings. The van der Waals surface area contributed by atoms with Crippen molar-refractivity contribution in [2.24, 2.45) is 0 Å². The SMILES string of the molecule is [Li][CH2][Si](C)(C)c1ncccc1OCc1ccccc1. The van der Waals surface area contributed by atoms with Gasteiger partial charge in [-0.2, -0.15) is 0 Å². The minimum atomic E-state index is -1.47. The molecule has 94 valence electrons. The van der Waals surface area contributed by atoms with Crippen LogP contribution in [0.3, 0.4) is 0 Å². The first-order valence-corrected chi connectivity index (χ1v) is 9.96. The van der Waals surface area contributed by atoms with Crippen LogP contribution >= 0.6 is 0 Å². The van der Waals surface area contributed by atoms with Gasteiger partial charge >= 0.3 is 125 Å². The van der Waals surface area contributed by atoms with Crippen LogP contribution in [0.4, 0.5) is 0 Å². The third kappa shape index (κ3) is 3.73. The first-order valence-electron chi connectivity index (χ1n) is 6.75. The van der Waals surface area contributed by atoms with Crippen LogP contribution < -0.4 is 10.1 Å². The fourth-order valence-corrected chi connectivity index (χ4v) is 3.50. The second-order valence-electron chi connectivity index (χ2n) is 5.36. The molecule has 0 N–H and O–H groups in total. The molecule has 0 atom stereocenters. The minimum absolute atomic E-state index is 0.605. The standard InChI is InChI=1S/C15H18NOSi.Li/c1-18(2,3)15-14(10-7-11-16-15)17-12-13-8-5-4-6-9-13;/h4-11H,1,12H2,2-3H3;. The molecule has 0 radical (unpaired) electrons. The van der Waals surface area contributed by atoms with Crippen molar-refractivity contribution in [1.82, 2.24) is 4.98 Å². The van der Waals surface area contributed by atoms with Crippen LogP contribution in [0.15, 0.2) is 48.7 Å². The molecule has 0 saturated heterocycles. The summed E-state index contributed by atoms with van der Waals surface area (Å²) < 4.78 is 7.16. The van der Waals surface area contributed by atoms with Crippen LogP contribution in [0.1, 0.15) is 5.56 Å². The Kier molecular flexibility index (Phi) is 4.87. The number of benzene rings is 1. The van der Waals surface area contributed by atoms with E-state index in [0.717, 1.165) is 5.75 Å². The van der Waals surface area contributed by atoms with Crippen molar-refractivity contribution in [1.29, 1.82) is 0 Å². The third-order valence-electron chi connectivity index (χ3n) is 3.53. The number of hydrogen-bond donors (Lipinski definition) is 0. The fourth-order valence-electron chi connectivity index (χ4n) is 1.92. The van der Waals surface area contributed by atoms with Crippen molar-refractivity contribution in [2.45, 2.75) is 24.4 Å². The third-order valence-corrected chi connectivity index (χ3v) is 6.96. The Balaban J connectivity index is 2.17. The van der Waals surface area contributed by atoms with E-state index < -0.39 is 8.07 Å². The molecule has 2 rings (SSSR count). The summed E-state index contributed by atoms with van der Waals surface area (Å²) in [7, 11) is -1.47. The van der Waals surface area contributed by atoms with Crippen molar-refractivity contribution in [2.75, 3.05) is 0 Å². The number of ether oxygens (including phenoxy) is 1. The van der Waals surface area contributed by atoms with Crippen molar-refractivity contribution < 1.29 is 4.74 Å². The van der Waals surface area contributed by atoms with Crippen LogP contribution in [0.2, 0.25) is 17.8 Å². The Labute approximate surface area is 125 Å². The molecule has 2 aromatic rings. The van der Waals surface area contributed by atoms with Gasteiger partial charge < -0.3 is 0 Å². The van der Waals surface area contributed by atoms with E-state index in [4.69, 9.17) is 4.74 Å². The summed E-state index contributed by atoms with van der Waals surface area (Å²) >= 11 is 2.24. The van der Waals surface area contributed by atoms with Crippen molar-refractivity contribution >= 4 is 31.1 Å². The van der Waals surface area contributed by atoms with E-state index in [0.29, 0.717) is 6.61 Å². The molecular weight excluding hydrogens is 245 g/mol. The van der Waals surface area contributed by atoms with Crippen molar-refractivity contribution in [3.63, 3.8) is 0 Å². The molecule has 0 aliphatic heterocycles. The molecule has 2 nitrogen and oxygen atoms in total. The van der Waals surface area contributed by atoms with Gasteiger partial charge in [0.25, 0.3) is 0 Å². The van der Waals surface area contributed by atoms with Gasteiger partial charge in [-0.15, -0.1) is 0 Å². The van der Waals surface area contributed by atoms with Crippen molar-refractivity contribution in [3.05, 3.63) is 54.2 Å². The molecule has 0 spiro atoms. The van der Waals surface area contributed by atoms with Crippen molar-refractivity contribution in [3.8, 4) is 5.75 Å². The molecule has 0 fully saturated rings. The summed E-state index contributed by atoms with van der Waals surface area (Å²) in [5.74, 6) is 0.949. The van der Waals surface area contributed by atoms with Gasteiger partial charge in [-0.05, 0) is 0 Å². The Hall–Kier alpha value is -1.02. The van der Waals surface area contributed by atoms with E-state index in [1.807, 2.05) is 36.5 Å². The molecular formula is C15H18LiNOSi. The monoisotopic (exact) mass is 263 g/mol. The molecule has 0 amide bonds. The van der Waals surface area contributed by atoms with E-state index in [1.165, 1.54) is 15.6 Å². The first-order chi connectivity index (χ1) is 9.13. The van der Waals surface area contributed by atoms with Crippen LogP contribution in [0.25, 0.3) is 0 Å². The molecule has 0 bridgehead atoms. The predicted molar refractivity (Wildman–Crippen MR) is 82.7 cm³/mol. The zero-order chi connectivity index (χ0) is 13.7. The predicted octanol–water partition coefficient (Wildman–Crippen LogP) is 2.70. The average Bonchev–Trinajstić information content (AvgIpc) is 2.46. The molecule has 0 saturated carbocycles. The Morgan fingerprint density at radius 3 is 2.53 bits per heavy atom. The van der Waals surface area contributed by atoms with E-state index >= 15 is 0 Å². The second-order valence-corrected chi connectivity index (χ2v) is 10.3. The number of rotatable bonds is 5. The Morgan fingerprint density at radius 2 is 1.84 bits per heavy atom. The summed E-state index contributed by atoms with van der Waals surface area (Å²) in [4.78, 5) is 4.57. The van der Waals surface area contributed by atoms with Gasteiger partial charge in [0.05, 0.1) is 0 Å². The second kappa shape index (κ2) is 6.43. The maximum absolute atomic E-state index is 5.98. The summed E-state index contributed by atoms with van der Waals surface area (Å²) in [6.45, 7) is 5.28.